The van der Waals surface area contributed by atoms with Gasteiger partial charge in [-0.3, -0.25) is 18.9 Å². The monoisotopic (exact) mass is 446 g/mol. The summed E-state index contributed by atoms with van der Waals surface area (Å²) in [5.74, 6) is 0.472. The van der Waals surface area contributed by atoms with Crippen LogP contribution in [0.4, 0.5) is 0 Å². The molecule has 4 rings (SSSR count). The first kappa shape index (κ1) is 20.8. The fourth-order valence-corrected chi connectivity index (χ4v) is 4.41. The maximum Gasteiger partial charge on any atom is 0.258 e. The van der Waals surface area contributed by atoms with Crippen molar-refractivity contribution in [2.24, 2.45) is 0 Å². The van der Waals surface area contributed by atoms with Crippen LogP contribution in [0, 0.1) is 0 Å². The highest BCUT2D eigenvalue weighted by molar-refractivity contribution is 7.15. The zero-order chi connectivity index (χ0) is 21.3. The van der Waals surface area contributed by atoms with Crippen molar-refractivity contribution >= 4 is 33.8 Å². The van der Waals surface area contributed by atoms with E-state index in [1.54, 1.807) is 34.9 Å². The Balaban J connectivity index is 1.42. The van der Waals surface area contributed by atoms with Crippen molar-refractivity contribution in [1.29, 1.82) is 0 Å². The van der Waals surface area contributed by atoms with Gasteiger partial charge >= 0.3 is 0 Å². The van der Waals surface area contributed by atoms with Crippen LogP contribution in [-0.2, 0) is 6.54 Å². The first-order chi connectivity index (χ1) is 14.4. The zero-order valence-electron chi connectivity index (χ0n) is 16.9. The summed E-state index contributed by atoms with van der Waals surface area (Å²) in [6.07, 6.45) is 1.70. The fourth-order valence-electron chi connectivity index (χ4n) is 3.50. The molecular formula is C21H23ClN4O3S. The Bertz CT molecular complexity index is 1120. The van der Waals surface area contributed by atoms with Gasteiger partial charge in [-0.1, -0.05) is 11.6 Å². The number of thiazole rings is 1. The van der Waals surface area contributed by atoms with Crippen LogP contribution in [0.25, 0.3) is 4.96 Å². The number of hydrogen-bond donors (Lipinski definition) is 0. The Morgan fingerprint density at radius 1 is 1.23 bits per heavy atom. The highest BCUT2D eigenvalue weighted by Crippen LogP contribution is 2.26. The summed E-state index contributed by atoms with van der Waals surface area (Å²) in [6, 6.07) is 6.73. The molecule has 0 radical (unpaired) electrons. The average molecular weight is 447 g/mol. The first-order valence-corrected chi connectivity index (χ1v) is 11.1. The number of fused-ring (bicyclic) bond motifs is 1. The molecule has 0 N–H and O–H groups in total. The number of rotatable bonds is 5. The van der Waals surface area contributed by atoms with Gasteiger partial charge in [-0.15, -0.1) is 11.3 Å². The summed E-state index contributed by atoms with van der Waals surface area (Å²) in [7, 11) is 0. The topological polar surface area (TPSA) is 67.2 Å². The van der Waals surface area contributed by atoms with Crippen LogP contribution in [-0.4, -0.2) is 57.4 Å². The molecule has 158 valence electrons. The van der Waals surface area contributed by atoms with Crippen molar-refractivity contribution in [2.75, 3.05) is 26.2 Å². The summed E-state index contributed by atoms with van der Waals surface area (Å²) in [6.45, 7) is 7.03. The van der Waals surface area contributed by atoms with Crippen LogP contribution in [0.1, 0.15) is 29.9 Å². The molecule has 3 heterocycles. The van der Waals surface area contributed by atoms with Crippen molar-refractivity contribution in [2.45, 2.75) is 26.5 Å². The molecule has 1 saturated heterocycles. The molecule has 1 aliphatic rings. The Labute approximate surface area is 183 Å². The van der Waals surface area contributed by atoms with E-state index >= 15 is 0 Å². The Morgan fingerprint density at radius 2 is 2.00 bits per heavy atom. The van der Waals surface area contributed by atoms with E-state index in [2.05, 4.69) is 9.88 Å². The van der Waals surface area contributed by atoms with Crippen LogP contribution in [0.5, 0.6) is 5.75 Å². The second-order valence-electron chi connectivity index (χ2n) is 7.52. The van der Waals surface area contributed by atoms with Crippen LogP contribution >= 0.6 is 22.9 Å². The molecule has 1 fully saturated rings. The minimum absolute atomic E-state index is 0.0353. The Kier molecular flexibility index (Phi) is 6.08. The van der Waals surface area contributed by atoms with Crippen LogP contribution < -0.4 is 10.3 Å². The molecule has 0 saturated carbocycles. The minimum atomic E-state index is -0.0795. The number of halogens is 1. The number of hydrogen-bond acceptors (Lipinski definition) is 6. The van der Waals surface area contributed by atoms with E-state index in [0.717, 1.165) is 5.69 Å². The third kappa shape index (κ3) is 4.50. The normalized spacial score (nSPS) is 15.1. The molecule has 30 heavy (non-hydrogen) atoms. The number of benzene rings is 1. The van der Waals surface area contributed by atoms with Crippen LogP contribution in [0.15, 0.2) is 40.6 Å². The number of piperazine rings is 1. The number of ether oxygens (including phenoxy) is 1. The van der Waals surface area contributed by atoms with Gasteiger partial charge in [-0.2, -0.15) is 0 Å². The van der Waals surface area contributed by atoms with Gasteiger partial charge in [0.2, 0.25) is 0 Å². The molecule has 2 aromatic heterocycles. The van der Waals surface area contributed by atoms with Crippen LogP contribution in [0.2, 0.25) is 5.02 Å². The zero-order valence-corrected chi connectivity index (χ0v) is 18.4. The molecule has 7 nitrogen and oxygen atoms in total. The second-order valence-corrected chi connectivity index (χ2v) is 8.83. The largest absolute Gasteiger partial charge is 0.490 e. The number of carbonyl (C=O) groups excluding carboxylic acids is 1. The van der Waals surface area contributed by atoms with Gasteiger partial charge in [0, 0.05) is 55.4 Å². The summed E-state index contributed by atoms with van der Waals surface area (Å²) in [5, 5.41) is 2.36. The molecule has 0 aliphatic carbocycles. The lowest BCUT2D eigenvalue weighted by Gasteiger charge is -2.34. The van der Waals surface area contributed by atoms with E-state index in [1.165, 1.54) is 11.3 Å². The number of carbonyl (C=O) groups is 1. The number of nitrogens with zero attached hydrogens (tertiary/aromatic N) is 4. The molecular weight excluding hydrogens is 424 g/mol. The molecule has 3 aromatic rings. The van der Waals surface area contributed by atoms with Gasteiger partial charge in [0.1, 0.15) is 5.75 Å². The molecule has 1 aliphatic heterocycles. The van der Waals surface area contributed by atoms with Gasteiger partial charge in [0.15, 0.2) is 4.96 Å². The lowest BCUT2D eigenvalue weighted by atomic mass is 10.1. The SMILES string of the molecule is CC(C)Oc1ccc(Cl)cc1C(=O)N1CCN(Cc2cc(=O)n3ccsc3n2)CC1. The summed E-state index contributed by atoms with van der Waals surface area (Å²) < 4.78 is 7.34. The van der Waals surface area contributed by atoms with Crippen LogP contribution in [0.3, 0.4) is 0 Å². The molecule has 0 atom stereocenters. The Hall–Kier alpha value is -2.42. The third-order valence-corrected chi connectivity index (χ3v) is 5.93. The molecule has 0 spiro atoms. The predicted molar refractivity (Wildman–Crippen MR) is 118 cm³/mol. The average Bonchev–Trinajstić information content (AvgIpc) is 3.18. The van der Waals surface area contributed by atoms with Crippen molar-refractivity contribution in [1.82, 2.24) is 19.2 Å². The quantitative estimate of drug-likeness (QED) is 0.602. The summed E-state index contributed by atoms with van der Waals surface area (Å²) in [4.78, 5) is 34.6. The van der Waals surface area contributed by atoms with E-state index in [1.807, 2.05) is 24.1 Å². The third-order valence-electron chi connectivity index (χ3n) is 4.94. The van der Waals surface area contributed by atoms with Gasteiger partial charge in [-0.05, 0) is 32.0 Å². The first-order valence-electron chi connectivity index (χ1n) is 9.84. The minimum Gasteiger partial charge on any atom is -0.490 e. The molecule has 0 bridgehead atoms. The lowest BCUT2D eigenvalue weighted by Crippen LogP contribution is -2.48. The van der Waals surface area contributed by atoms with E-state index in [4.69, 9.17) is 16.3 Å². The summed E-state index contributed by atoms with van der Waals surface area (Å²) in [5.41, 5.74) is 1.18. The van der Waals surface area contributed by atoms with Gasteiger partial charge < -0.3 is 9.64 Å². The molecule has 9 heteroatoms. The van der Waals surface area contributed by atoms with Gasteiger partial charge in [0.05, 0.1) is 17.4 Å². The van der Waals surface area contributed by atoms with E-state index in [-0.39, 0.29) is 17.6 Å². The standard InChI is InChI=1S/C21H23ClN4O3S/c1-14(2)29-18-4-3-15(22)11-17(18)20(28)25-7-5-24(6-8-25)13-16-12-19(27)26-9-10-30-21(26)23-16/h3-4,9-12,14H,5-8,13H2,1-2H3. The molecule has 1 aromatic carbocycles. The molecule has 1 amide bonds. The van der Waals surface area contributed by atoms with Crippen molar-refractivity contribution in [3.8, 4) is 5.75 Å². The van der Waals surface area contributed by atoms with Crippen molar-refractivity contribution < 1.29 is 9.53 Å². The smallest absolute Gasteiger partial charge is 0.258 e. The highest BCUT2D eigenvalue weighted by Gasteiger charge is 2.25. The highest BCUT2D eigenvalue weighted by atomic mass is 35.5. The fraction of sp³-hybridized carbons (Fsp3) is 0.381. The van der Waals surface area contributed by atoms with E-state index in [9.17, 15) is 9.59 Å². The van der Waals surface area contributed by atoms with E-state index < -0.39 is 0 Å². The number of aromatic nitrogens is 2. The second kappa shape index (κ2) is 8.75. The maximum absolute atomic E-state index is 13.1. The maximum atomic E-state index is 13.1. The summed E-state index contributed by atoms with van der Waals surface area (Å²) >= 11 is 7.57. The van der Waals surface area contributed by atoms with Crippen molar-refractivity contribution in [3.05, 3.63) is 62.5 Å². The molecule has 0 unspecified atom stereocenters. The van der Waals surface area contributed by atoms with Crippen molar-refractivity contribution in [3.63, 3.8) is 0 Å². The van der Waals surface area contributed by atoms with E-state index in [0.29, 0.717) is 54.0 Å². The number of amides is 1. The lowest BCUT2D eigenvalue weighted by molar-refractivity contribution is 0.0621. The predicted octanol–water partition coefficient (Wildman–Crippen LogP) is 3.15. The van der Waals surface area contributed by atoms with Gasteiger partial charge in [0.25, 0.3) is 11.5 Å². The van der Waals surface area contributed by atoms with Gasteiger partial charge in [-0.25, -0.2) is 4.98 Å². The Morgan fingerprint density at radius 3 is 2.73 bits per heavy atom.